The van der Waals surface area contributed by atoms with Gasteiger partial charge in [-0.2, -0.15) is 0 Å². The molecule has 0 aromatic carbocycles. The van der Waals surface area contributed by atoms with E-state index < -0.39 is 18.0 Å². The normalized spacial score (nSPS) is 13.0. The number of carbonyl (C=O) groups is 2. The number of methoxy groups -OCH3 is 1. The van der Waals surface area contributed by atoms with E-state index in [0.29, 0.717) is 0 Å². The maximum Gasteiger partial charge on any atom is 1.00 e. The standard InChI is InChI=1S/C18H34O5.Na.H/c1-3-4-5-6-7-8-9-10-11-12-15(20)17(18(22)23-2)16(21)13-14-19;;/h16-17,19,21H,3-14H2,1-2H3;;/q;+1;-1. The van der Waals surface area contributed by atoms with E-state index in [1.807, 2.05) is 0 Å². The molecule has 0 fully saturated rings. The molecule has 0 rings (SSSR count). The molecule has 2 unspecified atom stereocenters. The molecule has 0 spiro atoms. The Morgan fingerprint density at radius 2 is 1.50 bits per heavy atom. The number of ether oxygens (including phenoxy) is 1. The number of hydrogen-bond donors (Lipinski definition) is 2. The van der Waals surface area contributed by atoms with Crippen LogP contribution in [-0.4, -0.2) is 41.8 Å². The van der Waals surface area contributed by atoms with Crippen molar-refractivity contribution in [2.24, 2.45) is 5.92 Å². The Morgan fingerprint density at radius 1 is 1.00 bits per heavy atom. The summed E-state index contributed by atoms with van der Waals surface area (Å²) in [6, 6.07) is 0. The van der Waals surface area contributed by atoms with Crippen LogP contribution in [0.1, 0.15) is 79.0 Å². The average molecular weight is 354 g/mol. The van der Waals surface area contributed by atoms with Crippen molar-refractivity contribution in [2.45, 2.75) is 83.7 Å². The van der Waals surface area contributed by atoms with Crippen LogP contribution in [0.2, 0.25) is 0 Å². The molecule has 6 heteroatoms. The van der Waals surface area contributed by atoms with Gasteiger partial charge in [-0.1, -0.05) is 58.3 Å². The van der Waals surface area contributed by atoms with Gasteiger partial charge in [0.05, 0.1) is 13.2 Å². The summed E-state index contributed by atoms with van der Waals surface area (Å²) in [6.45, 7) is 1.94. The van der Waals surface area contributed by atoms with E-state index in [4.69, 9.17) is 5.11 Å². The number of esters is 1. The third-order valence-corrected chi connectivity index (χ3v) is 4.14. The van der Waals surface area contributed by atoms with Crippen LogP contribution in [0.3, 0.4) is 0 Å². The number of ketones is 1. The molecule has 2 N–H and O–H groups in total. The summed E-state index contributed by atoms with van der Waals surface area (Å²) in [7, 11) is 1.20. The third-order valence-electron chi connectivity index (χ3n) is 4.14. The Labute approximate surface area is 170 Å². The third kappa shape index (κ3) is 12.4. The molecule has 0 amide bonds. The summed E-state index contributed by atoms with van der Waals surface area (Å²) in [5.41, 5.74) is 0. The van der Waals surface area contributed by atoms with Gasteiger partial charge in [-0.05, 0) is 12.8 Å². The first-order valence-corrected chi connectivity index (χ1v) is 8.97. The van der Waals surface area contributed by atoms with Gasteiger partial charge in [0.2, 0.25) is 0 Å². The summed E-state index contributed by atoms with van der Waals surface area (Å²) in [5.74, 6) is -2.17. The quantitative estimate of drug-likeness (QED) is 0.189. The van der Waals surface area contributed by atoms with Crippen LogP contribution in [0.25, 0.3) is 0 Å². The Bertz CT molecular complexity index is 329. The molecule has 0 radical (unpaired) electrons. The van der Waals surface area contributed by atoms with Gasteiger partial charge in [0.15, 0.2) is 0 Å². The molecule has 0 bridgehead atoms. The van der Waals surface area contributed by atoms with Crippen LogP contribution >= 0.6 is 0 Å². The average Bonchev–Trinajstić information content (AvgIpc) is 2.53. The minimum Gasteiger partial charge on any atom is -1.00 e. The van der Waals surface area contributed by atoms with Crippen molar-refractivity contribution in [3.05, 3.63) is 0 Å². The maximum atomic E-state index is 12.1. The first-order valence-electron chi connectivity index (χ1n) is 8.97. The molecule has 5 nitrogen and oxygen atoms in total. The van der Waals surface area contributed by atoms with Crippen molar-refractivity contribution < 1.29 is 55.5 Å². The first kappa shape index (κ1) is 26.3. The monoisotopic (exact) mass is 354 g/mol. The Balaban J connectivity index is -0.00000242. The number of aliphatic hydroxyl groups is 2. The fourth-order valence-corrected chi connectivity index (χ4v) is 2.69. The van der Waals surface area contributed by atoms with Gasteiger partial charge in [0.1, 0.15) is 11.7 Å². The SMILES string of the molecule is CCCCCCCCCCCC(=O)C(C(=O)OC)C(O)CCO.[H-].[Na+]. The Morgan fingerprint density at radius 3 is 1.96 bits per heavy atom. The van der Waals surface area contributed by atoms with Crippen LogP contribution in [0, 0.1) is 5.92 Å². The van der Waals surface area contributed by atoms with Crippen LogP contribution in [0.15, 0.2) is 0 Å². The molecule has 0 aromatic rings. The Kier molecular flexibility index (Phi) is 19.6. The van der Waals surface area contributed by atoms with Crippen molar-refractivity contribution >= 4 is 11.8 Å². The maximum absolute atomic E-state index is 12.1. The van der Waals surface area contributed by atoms with Crippen molar-refractivity contribution in [1.29, 1.82) is 0 Å². The number of aliphatic hydroxyl groups excluding tert-OH is 2. The van der Waals surface area contributed by atoms with Gasteiger partial charge >= 0.3 is 35.5 Å². The minimum absolute atomic E-state index is 0. The van der Waals surface area contributed by atoms with Crippen LogP contribution in [-0.2, 0) is 14.3 Å². The number of Topliss-reactive ketones (excluding diaryl/α,β-unsaturated/α-hetero) is 1. The summed E-state index contributed by atoms with van der Waals surface area (Å²) in [4.78, 5) is 23.8. The number of hydrogen-bond acceptors (Lipinski definition) is 5. The second-order valence-corrected chi connectivity index (χ2v) is 6.13. The summed E-state index contributed by atoms with van der Waals surface area (Å²) < 4.78 is 4.59. The molecule has 0 saturated carbocycles. The molecular weight excluding hydrogens is 319 g/mol. The van der Waals surface area contributed by atoms with E-state index in [9.17, 15) is 14.7 Å². The van der Waals surface area contributed by atoms with Gasteiger partial charge in [0, 0.05) is 13.0 Å². The van der Waals surface area contributed by atoms with Crippen LogP contribution < -0.4 is 29.6 Å². The van der Waals surface area contributed by atoms with Gasteiger partial charge in [-0.25, -0.2) is 0 Å². The molecule has 0 aliphatic carbocycles. The van der Waals surface area contributed by atoms with Crippen molar-refractivity contribution in [1.82, 2.24) is 0 Å². The van der Waals surface area contributed by atoms with E-state index >= 15 is 0 Å². The van der Waals surface area contributed by atoms with Crippen molar-refractivity contribution in [3.63, 3.8) is 0 Å². The summed E-state index contributed by atoms with van der Waals surface area (Å²) >= 11 is 0. The van der Waals surface area contributed by atoms with Crippen LogP contribution in [0.5, 0.6) is 0 Å². The molecule has 0 saturated heterocycles. The number of unbranched alkanes of at least 4 members (excludes halogenated alkanes) is 8. The van der Waals surface area contributed by atoms with Crippen molar-refractivity contribution in [2.75, 3.05) is 13.7 Å². The molecule has 0 aliphatic rings. The van der Waals surface area contributed by atoms with Gasteiger partial charge in [-0.3, -0.25) is 9.59 Å². The zero-order valence-corrected chi connectivity index (χ0v) is 17.8. The van der Waals surface area contributed by atoms with Crippen LogP contribution in [0.4, 0.5) is 0 Å². The Hall–Kier alpha value is 0.0600. The zero-order chi connectivity index (χ0) is 17.5. The summed E-state index contributed by atoms with van der Waals surface area (Å²) in [5, 5.41) is 18.7. The molecule has 0 aromatic heterocycles. The van der Waals surface area contributed by atoms with E-state index in [1.165, 1.54) is 45.6 Å². The molecule has 0 aliphatic heterocycles. The molecule has 138 valence electrons. The molecular formula is C18H35NaO5. The van der Waals surface area contributed by atoms with E-state index in [-0.39, 0.29) is 56.2 Å². The van der Waals surface area contributed by atoms with E-state index in [2.05, 4.69) is 11.7 Å². The largest absolute Gasteiger partial charge is 1.00 e. The topological polar surface area (TPSA) is 83.8 Å². The number of carbonyl (C=O) groups excluding carboxylic acids is 2. The fourth-order valence-electron chi connectivity index (χ4n) is 2.69. The van der Waals surface area contributed by atoms with Gasteiger partial charge < -0.3 is 16.4 Å². The molecule has 2 atom stereocenters. The van der Waals surface area contributed by atoms with E-state index in [1.54, 1.807) is 0 Å². The number of rotatable bonds is 15. The first-order chi connectivity index (χ1) is 11.1. The van der Waals surface area contributed by atoms with Gasteiger partial charge in [0.25, 0.3) is 0 Å². The zero-order valence-electron chi connectivity index (χ0n) is 16.8. The van der Waals surface area contributed by atoms with E-state index in [0.717, 1.165) is 19.3 Å². The van der Waals surface area contributed by atoms with Gasteiger partial charge in [-0.15, -0.1) is 0 Å². The molecule has 24 heavy (non-hydrogen) atoms. The smallest absolute Gasteiger partial charge is 1.00 e. The predicted octanol–water partition coefficient (Wildman–Crippen LogP) is 0.125. The second-order valence-electron chi connectivity index (χ2n) is 6.13. The molecule has 0 heterocycles. The second kappa shape index (κ2) is 17.9. The summed E-state index contributed by atoms with van der Waals surface area (Å²) in [6.07, 6.45) is 9.48. The minimum atomic E-state index is -1.17. The fraction of sp³-hybridized carbons (Fsp3) is 0.889. The predicted molar refractivity (Wildman–Crippen MR) is 91.2 cm³/mol. The van der Waals surface area contributed by atoms with Crippen molar-refractivity contribution in [3.8, 4) is 0 Å².